The maximum Gasteiger partial charge on any atom is 0.334 e. The molecule has 0 radical (unpaired) electrons. The lowest BCUT2D eigenvalue weighted by Gasteiger charge is -2.28. The fourth-order valence-corrected chi connectivity index (χ4v) is 7.83. The second kappa shape index (κ2) is 10.8. The van der Waals surface area contributed by atoms with Crippen LogP contribution in [0.1, 0.15) is 113 Å². The molecule has 1 aliphatic carbocycles. The van der Waals surface area contributed by atoms with Crippen molar-refractivity contribution in [3.63, 3.8) is 0 Å². The quantitative estimate of drug-likeness (QED) is 0.228. The summed E-state index contributed by atoms with van der Waals surface area (Å²) >= 11 is 0. The molecule has 0 amide bonds. The number of ether oxygens (including phenoxy) is 2. The topological polar surface area (TPSA) is 110 Å². The van der Waals surface area contributed by atoms with Gasteiger partial charge in [-0.1, -0.05) is 20.8 Å². The minimum Gasteiger partial charge on any atom is -0.466 e. The van der Waals surface area contributed by atoms with Gasteiger partial charge in [0.25, 0.3) is 0 Å². The monoisotopic (exact) mass is 620 g/mol. The van der Waals surface area contributed by atoms with Crippen molar-refractivity contribution in [1.29, 1.82) is 0 Å². The first-order valence-corrected chi connectivity index (χ1v) is 16.0. The molecule has 3 aliphatic rings. The van der Waals surface area contributed by atoms with E-state index in [1.807, 2.05) is 12.2 Å². The van der Waals surface area contributed by atoms with E-state index in [4.69, 9.17) is 19.4 Å². The van der Waals surface area contributed by atoms with E-state index in [-0.39, 0.29) is 23.7 Å². The summed E-state index contributed by atoms with van der Waals surface area (Å²) in [5.74, 6) is -0.640. The van der Waals surface area contributed by atoms with Crippen molar-refractivity contribution in [2.45, 2.75) is 92.4 Å². The fourth-order valence-electron chi connectivity index (χ4n) is 7.83. The van der Waals surface area contributed by atoms with Crippen molar-refractivity contribution in [2.75, 3.05) is 14.2 Å². The maximum absolute atomic E-state index is 13.4. The Morgan fingerprint density at radius 2 is 1.28 bits per heavy atom. The van der Waals surface area contributed by atoms with Gasteiger partial charge in [-0.2, -0.15) is 0 Å². The van der Waals surface area contributed by atoms with Crippen LogP contribution in [-0.2, 0) is 24.5 Å². The van der Waals surface area contributed by atoms with E-state index in [1.165, 1.54) is 20.3 Å². The predicted molar refractivity (Wildman–Crippen MR) is 183 cm³/mol. The fraction of sp³-hybridized carbons (Fsp3) is 0.421. The number of aromatic nitrogens is 4. The highest BCUT2D eigenvalue weighted by atomic mass is 16.5. The summed E-state index contributed by atoms with van der Waals surface area (Å²) in [6, 6.07) is 0. The molecule has 4 unspecified atom stereocenters. The number of carbonyl (C=O) groups excluding carboxylic acids is 2. The van der Waals surface area contributed by atoms with Crippen LogP contribution in [0.3, 0.4) is 0 Å². The van der Waals surface area contributed by atoms with Crippen LogP contribution >= 0.6 is 0 Å². The third kappa shape index (κ3) is 4.18. The van der Waals surface area contributed by atoms with Crippen molar-refractivity contribution >= 4 is 46.2 Å². The number of H-pyrrole nitrogens is 2. The lowest BCUT2D eigenvalue weighted by Crippen LogP contribution is -2.30. The Morgan fingerprint density at radius 1 is 0.739 bits per heavy atom. The Bertz CT molecular complexity index is 2090. The Kier molecular flexibility index (Phi) is 7.41. The molecule has 46 heavy (non-hydrogen) atoms. The summed E-state index contributed by atoms with van der Waals surface area (Å²) in [5, 5.41) is 0. The van der Waals surface area contributed by atoms with Gasteiger partial charge in [0.1, 0.15) is 0 Å². The SMILES string of the molecule is COC(=O)/C=C/c1c2nc(c(C)c3[nH]c(c(C)c3C)c3c4nc(c(C)c5[nH]c1c(C)c5C)C(C)C4(C)C(C(=O)OC)=C3)C(C)C2C. The summed E-state index contributed by atoms with van der Waals surface area (Å²) in [5.41, 5.74) is 15.9. The Morgan fingerprint density at radius 3 is 1.89 bits per heavy atom. The van der Waals surface area contributed by atoms with Crippen LogP contribution in [0.25, 0.3) is 34.2 Å². The number of nitrogens with zero attached hydrogens (tertiary/aromatic N) is 2. The summed E-state index contributed by atoms with van der Waals surface area (Å²) in [6.07, 6.45) is 5.29. The van der Waals surface area contributed by atoms with Gasteiger partial charge in [-0.25, -0.2) is 9.59 Å². The van der Waals surface area contributed by atoms with Crippen molar-refractivity contribution in [1.82, 2.24) is 19.9 Å². The number of methoxy groups -OCH3 is 2. The van der Waals surface area contributed by atoms with Gasteiger partial charge in [-0.15, -0.1) is 0 Å². The standard InChI is InChI=1S/C38H44N4O4/c1-16-19(4)33-25(13-14-28(43)45-11)34-20(5)17(2)31(40-34)23(8)32-24(9)38(10)27(37(44)46-12)15-26(36(38)42-32)35-21(6)18(3)30(41-35)22(7)29(16)39-33/h13-16,19,24,40-41H,1-12H3/b14-13+,29-22?,30-22?,31-23?,32-23?,33-25?,34-25?,35-26?. The van der Waals surface area contributed by atoms with E-state index in [2.05, 4.69) is 79.2 Å². The largest absolute Gasteiger partial charge is 0.466 e. The number of rotatable bonds is 3. The zero-order chi connectivity index (χ0) is 33.6. The molecule has 3 aromatic rings. The summed E-state index contributed by atoms with van der Waals surface area (Å²) in [4.78, 5) is 43.9. The molecule has 0 saturated heterocycles. The normalized spacial score (nSPS) is 22.0. The zero-order valence-electron chi connectivity index (χ0n) is 29.0. The Labute approximate surface area is 270 Å². The number of aromatic amines is 2. The van der Waals surface area contributed by atoms with Crippen molar-refractivity contribution in [3.8, 4) is 0 Å². The summed E-state index contributed by atoms with van der Waals surface area (Å²) in [7, 11) is 2.82. The highest BCUT2D eigenvalue weighted by Gasteiger charge is 2.51. The molecule has 8 heteroatoms. The van der Waals surface area contributed by atoms with Gasteiger partial charge in [0, 0.05) is 57.4 Å². The Hall–Kier alpha value is -4.46. The second-order valence-electron chi connectivity index (χ2n) is 13.5. The number of hydrogen-bond donors (Lipinski definition) is 2. The van der Waals surface area contributed by atoms with Gasteiger partial charge in [0.2, 0.25) is 0 Å². The van der Waals surface area contributed by atoms with Gasteiger partial charge in [-0.3, -0.25) is 9.97 Å². The van der Waals surface area contributed by atoms with Crippen LogP contribution in [0.5, 0.6) is 0 Å². The third-order valence-corrected chi connectivity index (χ3v) is 11.4. The molecule has 4 atom stereocenters. The predicted octanol–water partition coefficient (Wildman–Crippen LogP) is 7.89. The van der Waals surface area contributed by atoms with Crippen LogP contribution in [-0.4, -0.2) is 46.1 Å². The average molecular weight is 621 g/mol. The van der Waals surface area contributed by atoms with Crippen molar-refractivity contribution < 1.29 is 19.1 Å². The smallest absolute Gasteiger partial charge is 0.334 e. The number of hydrogen-bond acceptors (Lipinski definition) is 6. The van der Waals surface area contributed by atoms with E-state index in [0.717, 1.165) is 89.4 Å². The van der Waals surface area contributed by atoms with E-state index in [1.54, 1.807) is 0 Å². The number of aryl methyl sites for hydroxylation is 6. The van der Waals surface area contributed by atoms with Crippen molar-refractivity contribution in [3.05, 3.63) is 78.9 Å². The third-order valence-electron chi connectivity index (χ3n) is 11.4. The van der Waals surface area contributed by atoms with Gasteiger partial charge < -0.3 is 19.4 Å². The van der Waals surface area contributed by atoms with Crippen molar-refractivity contribution in [2.24, 2.45) is 0 Å². The molecule has 3 aromatic heterocycles. The minimum atomic E-state index is -0.667. The van der Waals surface area contributed by atoms with Crippen LogP contribution in [0.15, 0.2) is 11.6 Å². The maximum atomic E-state index is 13.4. The van der Waals surface area contributed by atoms with Gasteiger partial charge in [-0.05, 0) is 94.0 Å². The van der Waals surface area contributed by atoms with Gasteiger partial charge >= 0.3 is 11.9 Å². The van der Waals surface area contributed by atoms with Gasteiger partial charge in [0.15, 0.2) is 0 Å². The number of carbonyl (C=O) groups is 2. The molecule has 2 N–H and O–H groups in total. The second-order valence-corrected chi connectivity index (χ2v) is 13.5. The number of nitrogens with one attached hydrogen (secondary N) is 2. The summed E-state index contributed by atoms with van der Waals surface area (Å²) in [6.45, 7) is 21.4. The van der Waals surface area contributed by atoms with Crippen LogP contribution in [0.2, 0.25) is 0 Å². The lowest BCUT2D eigenvalue weighted by atomic mass is 9.72. The van der Waals surface area contributed by atoms with E-state index >= 15 is 0 Å². The number of fused-ring (bicyclic) bond motifs is 8. The number of esters is 2. The average Bonchev–Trinajstić information content (AvgIpc) is 3.77. The van der Waals surface area contributed by atoms with Gasteiger partial charge in [0.05, 0.1) is 47.6 Å². The molecule has 5 heterocycles. The molecule has 240 valence electrons. The molecule has 0 spiro atoms. The molecule has 8 nitrogen and oxygen atoms in total. The van der Waals surface area contributed by atoms with Crippen LogP contribution in [0, 0.1) is 41.5 Å². The zero-order valence-corrected chi connectivity index (χ0v) is 29.0. The molecule has 0 aromatic carbocycles. The molecule has 6 rings (SSSR count). The minimum absolute atomic E-state index is 0.0942. The van der Waals surface area contributed by atoms with Crippen LogP contribution < -0.4 is 0 Å². The van der Waals surface area contributed by atoms with Crippen LogP contribution in [0.4, 0.5) is 0 Å². The van der Waals surface area contributed by atoms with E-state index in [9.17, 15) is 9.59 Å². The molecular formula is C38H44N4O4. The first-order valence-electron chi connectivity index (χ1n) is 16.0. The van der Waals surface area contributed by atoms with E-state index < -0.39 is 11.4 Å². The first-order chi connectivity index (χ1) is 21.7. The van der Waals surface area contributed by atoms with E-state index in [0.29, 0.717) is 5.57 Å². The lowest BCUT2D eigenvalue weighted by molar-refractivity contribution is -0.137. The Balaban J connectivity index is 1.89. The highest BCUT2D eigenvalue weighted by molar-refractivity contribution is 6.02. The highest BCUT2D eigenvalue weighted by Crippen LogP contribution is 2.54. The molecule has 2 aliphatic heterocycles. The molecule has 8 bridgehead atoms. The summed E-state index contributed by atoms with van der Waals surface area (Å²) < 4.78 is 10.3. The molecular weight excluding hydrogens is 576 g/mol. The molecule has 0 saturated carbocycles. The molecule has 0 fully saturated rings. The first kappa shape index (κ1) is 31.5.